The highest BCUT2D eigenvalue weighted by molar-refractivity contribution is 6.30. The average molecular weight is 332 g/mol. The fourth-order valence-electron chi connectivity index (χ4n) is 2.53. The van der Waals surface area contributed by atoms with Crippen molar-refractivity contribution in [1.82, 2.24) is 4.57 Å². The number of aryl methyl sites for hydroxylation is 1. The Kier molecular flexibility index (Phi) is 4.63. The van der Waals surface area contributed by atoms with Crippen LogP contribution in [0.1, 0.15) is 16.8 Å². The van der Waals surface area contributed by atoms with Crippen LogP contribution in [0.2, 0.25) is 5.02 Å². The van der Waals surface area contributed by atoms with Gasteiger partial charge in [-0.2, -0.15) is 0 Å². The van der Waals surface area contributed by atoms with E-state index in [1.54, 1.807) is 24.4 Å². The van der Waals surface area contributed by atoms with Crippen molar-refractivity contribution in [2.24, 2.45) is 0 Å². The van der Waals surface area contributed by atoms with E-state index in [9.17, 15) is 9.18 Å². The molecule has 0 aliphatic rings. The second-order valence-electron chi connectivity index (χ2n) is 5.21. The highest BCUT2D eigenvalue weighted by atomic mass is 35.5. The number of rotatable bonds is 6. The molecule has 3 nitrogen and oxygen atoms in total. The van der Waals surface area contributed by atoms with Crippen LogP contribution in [0, 0.1) is 5.82 Å². The molecule has 0 saturated heterocycles. The molecule has 2 aromatic carbocycles. The fourth-order valence-corrected chi connectivity index (χ4v) is 2.66. The van der Waals surface area contributed by atoms with Gasteiger partial charge in [-0.25, -0.2) is 4.39 Å². The molecule has 0 aliphatic carbocycles. The van der Waals surface area contributed by atoms with Crippen LogP contribution in [0.15, 0.2) is 48.7 Å². The van der Waals surface area contributed by atoms with Gasteiger partial charge in [0.2, 0.25) is 0 Å². The predicted octanol–water partition coefficient (Wildman–Crippen LogP) is 4.72. The minimum absolute atomic E-state index is 0.343. The lowest BCUT2D eigenvalue weighted by atomic mass is 10.2. The molecule has 3 aromatic rings. The van der Waals surface area contributed by atoms with Crippen molar-refractivity contribution in [2.45, 2.75) is 13.0 Å². The van der Waals surface area contributed by atoms with Gasteiger partial charge < -0.3 is 9.30 Å². The Balaban J connectivity index is 1.65. The van der Waals surface area contributed by atoms with Crippen LogP contribution in [-0.4, -0.2) is 17.5 Å². The Morgan fingerprint density at radius 3 is 2.70 bits per heavy atom. The third-order valence-corrected chi connectivity index (χ3v) is 3.88. The summed E-state index contributed by atoms with van der Waals surface area (Å²) in [5.41, 5.74) is 1.35. The fraction of sp³-hybridized carbons (Fsp3) is 0.167. The van der Waals surface area contributed by atoms with E-state index in [2.05, 4.69) is 0 Å². The van der Waals surface area contributed by atoms with E-state index in [0.717, 1.165) is 24.0 Å². The zero-order valence-corrected chi connectivity index (χ0v) is 13.1. The van der Waals surface area contributed by atoms with Gasteiger partial charge in [0, 0.05) is 34.2 Å². The number of nitrogens with zero attached hydrogens (tertiary/aromatic N) is 1. The molecule has 0 amide bonds. The molecule has 1 aromatic heterocycles. The Morgan fingerprint density at radius 1 is 1.17 bits per heavy atom. The van der Waals surface area contributed by atoms with Gasteiger partial charge in [-0.05, 0) is 48.9 Å². The van der Waals surface area contributed by atoms with Gasteiger partial charge in [-0.1, -0.05) is 11.6 Å². The van der Waals surface area contributed by atoms with Crippen molar-refractivity contribution in [3.05, 3.63) is 65.1 Å². The monoisotopic (exact) mass is 331 g/mol. The zero-order chi connectivity index (χ0) is 16.2. The van der Waals surface area contributed by atoms with E-state index in [1.807, 2.05) is 16.7 Å². The molecule has 0 spiro atoms. The molecule has 0 unspecified atom stereocenters. The van der Waals surface area contributed by atoms with Crippen LogP contribution >= 0.6 is 11.6 Å². The molecule has 0 fully saturated rings. The van der Waals surface area contributed by atoms with E-state index in [1.165, 1.54) is 12.1 Å². The van der Waals surface area contributed by atoms with Crippen LogP contribution in [0.3, 0.4) is 0 Å². The summed E-state index contributed by atoms with van der Waals surface area (Å²) in [4.78, 5) is 11.1. The van der Waals surface area contributed by atoms with E-state index < -0.39 is 0 Å². The van der Waals surface area contributed by atoms with E-state index in [4.69, 9.17) is 16.3 Å². The first-order valence-electron chi connectivity index (χ1n) is 7.29. The second kappa shape index (κ2) is 6.84. The molecular weight excluding hydrogens is 317 g/mol. The van der Waals surface area contributed by atoms with Gasteiger partial charge in [-0.15, -0.1) is 0 Å². The first kappa shape index (κ1) is 15.6. The second-order valence-corrected chi connectivity index (χ2v) is 5.65. The maximum absolute atomic E-state index is 13.3. The minimum atomic E-state index is -0.343. The smallest absolute Gasteiger partial charge is 0.152 e. The van der Waals surface area contributed by atoms with E-state index in [-0.39, 0.29) is 5.82 Å². The third-order valence-electron chi connectivity index (χ3n) is 3.63. The topological polar surface area (TPSA) is 31.2 Å². The number of carbonyl (C=O) groups excluding carboxylic acids is 1. The molecule has 23 heavy (non-hydrogen) atoms. The van der Waals surface area contributed by atoms with Crippen LogP contribution in [-0.2, 0) is 6.54 Å². The molecule has 1 heterocycles. The number of fused-ring (bicyclic) bond motifs is 1. The van der Waals surface area contributed by atoms with Crippen LogP contribution < -0.4 is 4.74 Å². The largest absolute Gasteiger partial charge is 0.494 e. The summed E-state index contributed by atoms with van der Waals surface area (Å²) in [6.07, 6.45) is 3.27. The maximum atomic E-state index is 13.3. The highest BCUT2D eigenvalue weighted by Gasteiger charge is 2.08. The summed E-state index contributed by atoms with van der Waals surface area (Å²) >= 11 is 5.82. The molecule has 3 rings (SSSR count). The predicted molar refractivity (Wildman–Crippen MR) is 88.8 cm³/mol. The Hall–Kier alpha value is -2.33. The number of hydrogen-bond donors (Lipinski definition) is 0. The summed E-state index contributed by atoms with van der Waals surface area (Å²) < 4.78 is 20.9. The van der Waals surface area contributed by atoms with Crippen LogP contribution in [0.5, 0.6) is 5.75 Å². The molecule has 5 heteroatoms. The van der Waals surface area contributed by atoms with Gasteiger partial charge >= 0.3 is 0 Å². The molecule has 118 valence electrons. The van der Waals surface area contributed by atoms with Crippen LogP contribution in [0.25, 0.3) is 10.9 Å². The molecule has 0 N–H and O–H groups in total. The van der Waals surface area contributed by atoms with Gasteiger partial charge in [0.25, 0.3) is 0 Å². The van der Waals surface area contributed by atoms with Gasteiger partial charge in [0.15, 0.2) is 6.29 Å². The summed E-state index contributed by atoms with van der Waals surface area (Å²) in [5, 5.41) is 1.31. The molecule has 0 aliphatic heterocycles. The number of carbonyl (C=O) groups is 1. The third kappa shape index (κ3) is 3.54. The lowest BCUT2D eigenvalue weighted by Crippen LogP contribution is -2.03. The minimum Gasteiger partial charge on any atom is -0.494 e. The molecule has 0 radical (unpaired) electrons. The number of aromatic nitrogens is 1. The first-order valence-corrected chi connectivity index (χ1v) is 7.67. The molecule has 0 bridgehead atoms. The van der Waals surface area contributed by atoms with Crippen molar-refractivity contribution in [3.8, 4) is 5.75 Å². The Labute approximate surface area is 138 Å². The van der Waals surface area contributed by atoms with Crippen molar-refractivity contribution >= 4 is 28.8 Å². The number of ether oxygens (including phenoxy) is 1. The van der Waals surface area contributed by atoms with Crippen molar-refractivity contribution in [1.29, 1.82) is 0 Å². The van der Waals surface area contributed by atoms with Gasteiger partial charge in [0.1, 0.15) is 11.6 Å². The number of aldehydes is 1. The van der Waals surface area contributed by atoms with Gasteiger partial charge in [-0.3, -0.25) is 4.79 Å². The van der Waals surface area contributed by atoms with Crippen molar-refractivity contribution < 1.29 is 13.9 Å². The lowest BCUT2D eigenvalue weighted by molar-refractivity contribution is 0.112. The van der Waals surface area contributed by atoms with Crippen LogP contribution in [0.4, 0.5) is 4.39 Å². The standard InChI is InChI=1S/C18H15ClFNO2/c19-14-2-5-16(6-3-14)23-9-1-8-21-11-13(12-22)17-10-15(20)4-7-18(17)21/h2-7,10-12H,1,8-9H2. The number of benzene rings is 2. The quantitative estimate of drug-likeness (QED) is 0.483. The van der Waals surface area contributed by atoms with Gasteiger partial charge in [0.05, 0.1) is 6.61 Å². The zero-order valence-electron chi connectivity index (χ0n) is 12.3. The van der Waals surface area contributed by atoms with Crippen molar-refractivity contribution in [3.63, 3.8) is 0 Å². The SMILES string of the molecule is O=Cc1cn(CCCOc2ccc(Cl)cc2)c2ccc(F)cc12. The summed E-state index contributed by atoms with van der Waals surface area (Å²) in [6, 6.07) is 11.7. The summed E-state index contributed by atoms with van der Waals surface area (Å²) in [7, 11) is 0. The number of hydrogen-bond acceptors (Lipinski definition) is 2. The molecule has 0 saturated carbocycles. The van der Waals surface area contributed by atoms with Crippen molar-refractivity contribution in [2.75, 3.05) is 6.61 Å². The number of halogens is 2. The normalized spacial score (nSPS) is 10.9. The maximum Gasteiger partial charge on any atom is 0.152 e. The molecule has 0 atom stereocenters. The average Bonchev–Trinajstić information content (AvgIpc) is 2.90. The lowest BCUT2D eigenvalue weighted by Gasteiger charge is -2.08. The summed E-state index contributed by atoms with van der Waals surface area (Å²) in [6.45, 7) is 1.22. The van der Waals surface area contributed by atoms with E-state index in [0.29, 0.717) is 29.1 Å². The summed E-state index contributed by atoms with van der Waals surface area (Å²) in [5.74, 6) is 0.423. The molecular formula is C18H15ClFNO2. The highest BCUT2D eigenvalue weighted by Crippen LogP contribution is 2.22. The Bertz CT molecular complexity index is 827. The van der Waals surface area contributed by atoms with E-state index >= 15 is 0 Å². The Morgan fingerprint density at radius 2 is 1.96 bits per heavy atom. The first-order chi connectivity index (χ1) is 11.2.